The van der Waals surface area contributed by atoms with Crippen LogP contribution in [0.4, 0.5) is 4.39 Å². The molecule has 0 saturated carbocycles. The molecule has 0 aliphatic heterocycles. The molecule has 1 N–H and O–H groups in total. The summed E-state index contributed by atoms with van der Waals surface area (Å²) in [6.45, 7) is 1.70. The molecule has 1 aromatic carbocycles. The predicted octanol–water partition coefficient (Wildman–Crippen LogP) is 3.30. The zero-order valence-electron chi connectivity index (χ0n) is 8.39. The molecule has 0 fully saturated rings. The Morgan fingerprint density at radius 1 is 1.53 bits per heavy atom. The molecular formula is C11H12BrFO2. The van der Waals surface area contributed by atoms with Gasteiger partial charge < -0.3 is 5.11 Å². The van der Waals surface area contributed by atoms with E-state index >= 15 is 0 Å². The van der Waals surface area contributed by atoms with Crippen molar-refractivity contribution in [3.63, 3.8) is 0 Å². The lowest BCUT2D eigenvalue weighted by Gasteiger charge is -2.06. The second kappa shape index (κ2) is 5.26. The molecule has 0 unspecified atom stereocenters. The van der Waals surface area contributed by atoms with Gasteiger partial charge in [0.2, 0.25) is 0 Å². The first-order valence-electron chi connectivity index (χ1n) is 4.67. The highest BCUT2D eigenvalue weighted by Gasteiger charge is 2.08. The molecule has 0 amide bonds. The molecule has 0 aliphatic rings. The Kier molecular flexibility index (Phi) is 4.27. The number of aryl methyl sites for hydroxylation is 2. The summed E-state index contributed by atoms with van der Waals surface area (Å²) in [5, 5.41) is 8.47. The van der Waals surface area contributed by atoms with Crippen LogP contribution in [-0.4, -0.2) is 11.1 Å². The Balaban J connectivity index is 2.70. The van der Waals surface area contributed by atoms with Gasteiger partial charge in [0.05, 0.1) is 4.47 Å². The Bertz CT molecular complexity index is 377. The van der Waals surface area contributed by atoms with Crippen LogP contribution in [0.15, 0.2) is 16.6 Å². The number of benzene rings is 1. The average molecular weight is 275 g/mol. The fourth-order valence-corrected chi connectivity index (χ4v) is 1.95. The van der Waals surface area contributed by atoms with Crippen molar-refractivity contribution in [2.24, 2.45) is 0 Å². The van der Waals surface area contributed by atoms with E-state index < -0.39 is 5.97 Å². The molecule has 1 aromatic rings. The lowest BCUT2D eigenvalue weighted by molar-refractivity contribution is -0.137. The Hall–Kier alpha value is -0.900. The summed E-state index contributed by atoms with van der Waals surface area (Å²) >= 11 is 3.18. The van der Waals surface area contributed by atoms with Gasteiger partial charge in [0.1, 0.15) is 5.82 Å². The van der Waals surface area contributed by atoms with Crippen LogP contribution in [0.3, 0.4) is 0 Å². The molecule has 15 heavy (non-hydrogen) atoms. The summed E-state index contributed by atoms with van der Waals surface area (Å²) in [6.07, 6.45) is 1.21. The molecule has 0 atom stereocenters. The zero-order valence-corrected chi connectivity index (χ0v) is 9.97. The fraction of sp³-hybridized carbons (Fsp3) is 0.364. The quantitative estimate of drug-likeness (QED) is 0.915. The third-order valence-electron chi connectivity index (χ3n) is 2.19. The van der Waals surface area contributed by atoms with Crippen molar-refractivity contribution in [2.45, 2.75) is 26.2 Å². The Morgan fingerprint density at radius 3 is 2.80 bits per heavy atom. The molecule has 1 rings (SSSR count). The van der Waals surface area contributed by atoms with E-state index in [1.165, 1.54) is 0 Å². The molecule has 2 nitrogen and oxygen atoms in total. The number of carbonyl (C=O) groups is 1. The van der Waals surface area contributed by atoms with E-state index in [1.807, 2.05) is 6.07 Å². The lowest BCUT2D eigenvalue weighted by Crippen LogP contribution is -1.97. The first kappa shape index (κ1) is 12.2. The van der Waals surface area contributed by atoms with Crippen LogP contribution in [-0.2, 0) is 11.2 Å². The van der Waals surface area contributed by atoms with Crippen LogP contribution < -0.4 is 0 Å². The highest BCUT2D eigenvalue weighted by molar-refractivity contribution is 9.10. The van der Waals surface area contributed by atoms with Crippen molar-refractivity contribution in [3.05, 3.63) is 33.5 Å². The molecule has 0 heterocycles. The van der Waals surface area contributed by atoms with E-state index in [4.69, 9.17) is 5.11 Å². The number of hydrogen-bond donors (Lipinski definition) is 1. The van der Waals surface area contributed by atoms with Gasteiger partial charge >= 0.3 is 5.97 Å². The smallest absolute Gasteiger partial charge is 0.303 e. The second-order valence-corrected chi connectivity index (χ2v) is 4.21. The van der Waals surface area contributed by atoms with Gasteiger partial charge in [-0.1, -0.05) is 12.1 Å². The van der Waals surface area contributed by atoms with E-state index in [1.54, 1.807) is 13.0 Å². The number of hydrogen-bond acceptors (Lipinski definition) is 1. The first-order chi connectivity index (χ1) is 7.02. The Labute approximate surface area is 96.2 Å². The molecule has 0 bridgehead atoms. The monoisotopic (exact) mass is 274 g/mol. The van der Waals surface area contributed by atoms with Crippen LogP contribution in [0.25, 0.3) is 0 Å². The molecular weight excluding hydrogens is 263 g/mol. The van der Waals surface area contributed by atoms with Crippen molar-refractivity contribution in [1.82, 2.24) is 0 Å². The maximum Gasteiger partial charge on any atom is 0.303 e. The second-order valence-electron chi connectivity index (χ2n) is 3.42. The number of carboxylic acid groups (broad SMARTS) is 1. The van der Waals surface area contributed by atoms with Crippen molar-refractivity contribution in [2.75, 3.05) is 0 Å². The third kappa shape index (κ3) is 3.30. The minimum Gasteiger partial charge on any atom is -0.481 e. The number of carboxylic acids is 1. The standard InChI is InChI=1S/C11H12BrFO2/c1-7-5-6-8(10(12)11(7)13)3-2-4-9(14)15/h5-6H,2-4H2,1H3,(H,14,15). The minimum absolute atomic E-state index is 0.113. The summed E-state index contributed by atoms with van der Waals surface area (Å²) in [6, 6.07) is 3.53. The van der Waals surface area contributed by atoms with Gasteiger partial charge in [-0.15, -0.1) is 0 Å². The van der Waals surface area contributed by atoms with Crippen molar-refractivity contribution < 1.29 is 14.3 Å². The number of rotatable bonds is 4. The van der Waals surface area contributed by atoms with Crippen LogP contribution in [0.2, 0.25) is 0 Å². The number of halogens is 2. The third-order valence-corrected chi connectivity index (χ3v) is 3.05. The van der Waals surface area contributed by atoms with Gasteiger partial charge in [0.15, 0.2) is 0 Å². The fourth-order valence-electron chi connectivity index (χ4n) is 1.31. The highest BCUT2D eigenvalue weighted by atomic mass is 79.9. The average Bonchev–Trinajstić information content (AvgIpc) is 2.18. The van der Waals surface area contributed by atoms with Crippen LogP contribution in [0.5, 0.6) is 0 Å². The molecule has 0 aromatic heterocycles. The van der Waals surface area contributed by atoms with Gasteiger partial charge in [-0.25, -0.2) is 4.39 Å². The lowest BCUT2D eigenvalue weighted by atomic mass is 10.1. The largest absolute Gasteiger partial charge is 0.481 e. The van der Waals surface area contributed by atoms with Gasteiger partial charge in [-0.05, 0) is 46.8 Å². The topological polar surface area (TPSA) is 37.3 Å². The van der Waals surface area contributed by atoms with Gasteiger partial charge in [0, 0.05) is 6.42 Å². The molecule has 0 radical (unpaired) electrons. The summed E-state index contributed by atoms with van der Waals surface area (Å²) in [5.74, 6) is -1.08. The number of aliphatic carboxylic acids is 1. The molecule has 4 heteroatoms. The first-order valence-corrected chi connectivity index (χ1v) is 5.47. The summed E-state index contributed by atoms with van der Waals surface area (Å²) in [5.41, 5.74) is 1.41. The van der Waals surface area contributed by atoms with E-state index in [9.17, 15) is 9.18 Å². The van der Waals surface area contributed by atoms with Crippen molar-refractivity contribution in [1.29, 1.82) is 0 Å². The SMILES string of the molecule is Cc1ccc(CCCC(=O)O)c(Br)c1F. The highest BCUT2D eigenvalue weighted by Crippen LogP contribution is 2.24. The summed E-state index contributed by atoms with van der Waals surface area (Å²) in [4.78, 5) is 10.3. The van der Waals surface area contributed by atoms with Crippen molar-refractivity contribution >= 4 is 21.9 Å². The van der Waals surface area contributed by atoms with Crippen LogP contribution >= 0.6 is 15.9 Å². The predicted molar refractivity (Wildman–Crippen MR) is 59.4 cm³/mol. The van der Waals surface area contributed by atoms with Gasteiger partial charge in [-0.3, -0.25) is 4.79 Å². The summed E-state index contributed by atoms with van der Waals surface area (Å²) < 4.78 is 13.9. The van der Waals surface area contributed by atoms with E-state index in [0.29, 0.717) is 22.9 Å². The zero-order chi connectivity index (χ0) is 11.4. The van der Waals surface area contributed by atoms with Crippen LogP contribution in [0.1, 0.15) is 24.0 Å². The Morgan fingerprint density at radius 2 is 2.20 bits per heavy atom. The van der Waals surface area contributed by atoms with Crippen LogP contribution in [0, 0.1) is 12.7 Å². The molecule has 0 saturated heterocycles. The van der Waals surface area contributed by atoms with E-state index in [2.05, 4.69) is 15.9 Å². The maximum atomic E-state index is 13.4. The maximum absolute atomic E-state index is 13.4. The minimum atomic E-state index is -0.821. The van der Waals surface area contributed by atoms with Gasteiger partial charge in [0.25, 0.3) is 0 Å². The summed E-state index contributed by atoms with van der Waals surface area (Å²) in [7, 11) is 0. The van der Waals surface area contributed by atoms with E-state index in [0.717, 1.165) is 5.56 Å². The normalized spacial score (nSPS) is 10.3. The van der Waals surface area contributed by atoms with Crippen molar-refractivity contribution in [3.8, 4) is 0 Å². The van der Waals surface area contributed by atoms with Gasteiger partial charge in [-0.2, -0.15) is 0 Å². The van der Waals surface area contributed by atoms with E-state index in [-0.39, 0.29) is 12.2 Å². The molecule has 82 valence electrons. The molecule has 0 aliphatic carbocycles. The molecule has 0 spiro atoms.